The van der Waals surface area contributed by atoms with E-state index in [1.165, 1.54) is 0 Å². The van der Waals surface area contributed by atoms with E-state index < -0.39 is 15.9 Å². The fraction of sp³-hybridized carbons (Fsp3) is 0.462. The average molecular weight is 282 g/mol. The van der Waals surface area contributed by atoms with Gasteiger partial charge >= 0.3 is 0 Å². The summed E-state index contributed by atoms with van der Waals surface area (Å²) in [5.74, 6) is 0.0207. The van der Waals surface area contributed by atoms with Crippen molar-refractivity contribution in [2.24, 2.45) is 5.73 Å². The molecule has 6 heteroatoms. The van der Waals surface area contributed by atoms with Crippen LogP contribution in [0.3, 0.4) is 0 Å². The molecule has 19 heavy (non-hydrogen) atoms. The van der Waals surface area contributed by atoms with Crippen molar-refractivity contribution in [3.8, 4) is 0 Å². The highest BCUT2D eigenvalue weighted by Crippen LogP contribution is 2.14. The minimum atomic E-state index is -2.91. The second-order valence-corrected chi connectivity index (χ2v) is 7.13. The summed E-state index contributed by atoms with van der Waals surface area (Å²) in [6.07, 6.45) is 0.936. The highest BCUT2D eigenvalue weighted by Gasteiger charge is 2.26. The van der Waals surface area contributed by atoms with E-state index in [0.717, 1.165) is 5.56 Å². The van der Waals surface area contributed by atoms with Gasteiger partial charge in [0.2, 0.25) is 5.91 Å². The zero-order chi connectivity index (χ0) is 13.9. The molecule has 5 nitrogen and oxygen atoms in total. The average Bonchev–Trinajstić information content (AvgIpc) is 2.41. The number of rotatable bonds is 3. The van der Waals surface area contributed by atoms with Crippen LogP contribution < -0.4 is 11.1 Å². The van der Waals surface area contributed by atoms with Gasteiger partial charge in [-0.05, 0) is 18.4 Å². The molecule has 1 saturated heterocycles. The van der Waals surface area contributed by atoms with Crippen LogP contribution in [-0.2, 0) is 14.6 Å². The highest BCUT2D eigenvalue weighted by molar-refractivity contribution is 7.91. The Morgan fingerprint density at radius 2 is 1.79 bits per heavy atom. The minimum Gasteiger partial charge on any atom is -0.352 e. The lowest BCUT2D eigenvalue weighted by molar-refractivity contribution is -0.123. The quantitative estimate of drug-likeness (QED) is 0.838. The maximum Gasteiger partial charge on any atom is 0.241 e. The molecule has 104 valence electrons. The van der Waals surface area contributed by atoms with E-state index in [1.807, 2.05) is 18.2 Å². The summed E-state index contributed by atoms with van der Waals surface area (Å²) in [6, 6.07) is 8.32. The van der Waals surface area contributed by atoms with Crippen molar-refractivity contribution in [3.63, 3.8) is 0 Å². The second kappa shape index (κ2) is 5.71. The molecule has 1 aliphatic rings. The third-order valence-corrected chi connectivity index (χ3v) is 5.06. The van der Waals surface area contributed by atoms with Crippen LogP contribution >= 0.6 is 0 Å². The van der Waals surface area contributed by atoms with Gasteiger partial charge in [-0.15, -0.1) is 0 Å². The number of sulfone groups is 1. The zero-order valence-corrected chi connectivity index (χ0v) is 11.4. The Balaban J connectivity index is 1.92. The molecule has 1 unspecified atom stereocenters. The van der Waals surface area contributed by atoms with Gasteiger partial charge in [-0.3, -0.25) is 4.79 Å². The highest BCUT2D eigenvalue weighted by atomic mass is 32.2. The van der Waals surface area contributed by atoms with Gasteiger partial charge in [-0.2, -0.15) is 0 Å². The number of hydrogen-bond donors (Lipinski definition) is 2. The summed E-state index contributed by atoms with van der Waals surface area (Å²) in [4.78, 5) is 12.0. The Labute approximate surface area is 113 Å². The fourth-order valence-corrected chi connectivity index (χ4v) is 3.63. The molecule has 1 aliphatic heterocycles. The number of amides is 1. The lowest BCUT2D eigenvalue weighted by Gasteiger charge is -2.24. The number of hydrogen-bond acceptors (Lipinski definition) is 4. The molecule has 1 heterocycles. The first-order valence-electron chi connectivity index (χ1n) is 6.29. The fourth-order valence-electron chi connectivity index (χ4n) is 2.14. The summed E-state index contributed by atoms with van der Waals surface area (Å²) < 4.78 is 22.6. The summed E-state index contributed by atoms with van der Waals surface area (Å²) in [5.41, 5.74) is 6.63. The van der Waals surface area contributed by atoms with E-state index in [9.17, 15) is 13.2 Å². The third-order valence-electron chi connectivity index (χ3n) is 3.34. The maximum absolute atomic E-state index is 12.0. The van der Waals surface area contributed by atoms with Gasteiger partial charge in [-0.1, -0.05) is 30.3 Å². The van der Waals surface area contributed by atoms with Crippen molar-refractivity contribution in [2.45, 2.75) is 24.9 Å². The standard InChI is InChI=1S/C13H18N2O3S/c14-12(10-4-2-1-3-5-10)13(16)15-11-6-8-19(17,18)9-7-11/h1-5,11-12H,6-9,14H2,(H,15,16). The van der Waals surface area contributed by atoms with Crippen LogP contribution in [0, 0.1) is 0 Å². The summed E-state index contributed by atoms with van der Waals surface area (Å²) >= 11 is 0. The molecule has 1 amide bonds. The molecule has 0 saturated carbocycles. The molecular weight excluding hydrogens is 264 g/mol. The van der Waals surface area contributed by atoms with E-state index in [-0.39, 0.29) is 23.5 Å². The normalized spacial score (nSPS) is 20.7. The van der Waals surface area contributed by atoms with Crippen LogP contribution in [0.15, 0.2) is 30.3 Å². The third kappa shape index (κ3) is 3.78. The van der Waals surface area contributed by atoms with E-state index in [0.29, 0.717) is 12.8 Å². The van der Waals surface area contributed by atoms with Crippen molar-refractivity contribution in [2.75, 3.05) is 11.5 Å². The van der Waals surface area contributed by atoms with E-state index in [2.05, 4.69) is 5.32 Å². The zero-order valence-electron chi connectivity index (χ0n) is 10.6. The summed E-state index contributed by atoms with van der Waals surface area (Å²) in [7, 11) is -2.91. The topological polar surface area (TPSA) is 89.3 Å². The molecule has 1 aromatic carbocycles. The molecule has 1 atom stereocenters. The molecule has 1 fully saturated rings. The predicted octanol–water partition coefficient (Wildman–Crippen LogP) is 0.380. The Morgan fingerprint density at radius 1 is 1.21 bits per heavy atom. The molecule has 0 aliphatic carbocycles. The Kier molecular flexibility index (Phi) is 4.21. The first-order valence-corrected chi connectivity index (χ1v) is 8.11. The molecular formula is C13H18N2O3S. The summed E-state index contributed by atoms with van der Waals surface area (Å²) in [5, 5.41) is 2.83. The van der Waals surface area contributed by atoms with Crippen molar-refractivity contribution in [1.82, 2.24) is 5.32 Å². The van der Waals surface area contributed by atoms with Gasteiger partial charge < -0.3 is 11.1 Å². The van der Waals surface area contributed by atoms with Crippen molar-refractivity contribution in [1.29, 1.82) is 0 Å². The van der Waals surface area contributed by atoms with Crippen molar-refractivity contribution >= 4 is 15.7 Å². The van der Waals surface area contributed by atoms with Gasteiger partial charge in [0, 0.05) is 6.04 Å². The number of benzene rings is 1. The largest absolute Gasteiger partial charge is 0.352 e. The van der Waals surface area contributed by atoms with Crippen molar-refractivity contribution < 1.29 is 13.2 Å². The van der Waals surface area contributed by atoms with E-state index in [4.69, 9.17) is 5.73 Å². The van der Waals surface area contributed by atoms with Gasteiger partial charge in [0.25, 0.3) is 0 Å². The second-order valence-electron chi connectivity index (χ2n) is 4.82. The minimum absolute atomic E-state index is 0.0919. The molecule has 0 aromatic heterocycles. The van der Waals surface area contributed by atoms with Crippen LogP contribution in [0.25, 0.3) is 0 Å². The predicted molar refractivity (Wildman–Crippen MR) is 73.2 cm³/mol. The van der Waals surface area contributed by atoms with Crippen LogP contribution in [0.5, 0.6) is 0 Å². The van der Waals surface area contributed by atoms with E-state index >= 15 is 0 Å². The molecule has 3 N–H and O–H groups in total. The molecule has 0 spiro atoms. The Morgan fingerprint density at radius 3 is 2.37 bits per heavy atom. The number of nitrogens with one attached hydrogen (secondary N) is 1. The Bertz CT molecular complexity index is 528. The Hall–Kier alpha value is -1.40. The lowest BCUT2D eigenvalue weighted by Crippen LogP contribution is -2.44. The van der Waals surface area contributed by atoms with Gasteiger partial charge in [-0.25, -0.2) is 8.42 Å². The van der Waals surface area contributed by atoms with Crippen LogP contribution in [0.2, 0.25) is 0 Å². The molecule has 0 bridgehead atoms. The van der Waals surface area contributed by atoms with Gasteiger partial charge in [0.15, 0.2) is 0 Å². The number of carbonyl (C=O) groups excluding carboxylic acids is 1. The SMILES string of the molecule is NC(C(=O)NC1CCS(=O)(=O)CC1)c1ccccc1. The van der Waals surface area contributed by atoms with Gasteiger partial charge in [0.05, 0.1) is 11.5 Å². The monoisotopic (exact) mass is 282 g/mol. The van der Waals surface area contributed by atoms with Gasteiger partial charge in [0.1, 0.15) is 15.9 Å². The molecule has 0 radical (unpaired) electrons. The van der Waals surface area contributed by atoms with Crippen LogP contribution in [-0.4, -0.2) is 31.9 Å². The lowest BCUT2D eigenvalue weighted by atomic mass is 10.1. The first kappa shape index (κ1) is 14.0. The number of nitrogens with two attached hydrogens (primary N) is 1. The van der Waals surface area contributed by atoms with E-state index in [1.54, 1.807) is 12.1 Å². The summed E-state index contributed by atoms with van der Waals surface area (Å²) in [6.45, 7) is 0. The van der Waals surface area contributed by atoms with Crippen molar-refractivity contribution in [3.05, 3.63) is 35.9 Å². The first-order chi connectivity index (χ1) is 8.98. The molecule has 2 rings (SSSR count). The maximum atomic E-state index is 12.0. The van der Waals surface area contributed by atoms with Crippen LogP contribution in [0.4, 0.5) is 0 Å². The smallest absolute Gasteiger partial charge is 0.241 e. The van der Waals surface area contributed by atoms with Crippen LogP contribution in [0.1, 0.15) is 24.4 Å². The number of carbonyl (C=O) groups is 1. The molecule has 1 aromatic rings.